The molecular weight excluding hydrogens is 268 g/mol. The number of nitrogens with two attached hydrogens (primary N) is 1. The number of nitrogens with zero attached hydrogens (tertiary/aromatic N) is 1. The number of hydrogen-bond donors (Lipinski definition) is 3. The number of carbonyl (C=O) groups is 1. The number of phenols is 2. The molecule has 0 atom stereocenters. The fourth-order valence-electron chi connectivity index (χ4n) is 2.00. The summed E-state index contributed by atoms with van der Waals surface area (Å²) in [5, 5.41) is 18.7. The van der Waals surface area contributed by atoms with Crippen LogP contribution in [0.15, 0.2) is 42.5 Å². The molecule has 0 unspecified atom stereocenters. The largest absolute Gasteiger partial charge is 0.504 e. The standard InChI is InChI=1S/C16H18N2O3/c1-18(10-12-4-2-11(9-17)3-5-12)16(21)13-6-7-14(19)15(20)8-13/h2-8,19-20H,9-10,17H2,1H3. The zero-order valence-electron chi connectivity index (χ0n) is 11.8. The Labute approximate surface area is 123 Å². The zero-order valence-corrected chi connectivity index (χ0v) is 11.8. The summed E-state index contributed by atoms with van der Waals surface area (Å²) in [6.07, 6.45) is 0. The molecule has 0 aromatic heterocycles. The van der Waals surface area contributed by atoms with Gasteiger partial charge in [-0.05, 0) is 29.3 Å². The quantitative estimate of drug-likeness (QED) is 0.748. The second-order valence-corrected chi connectivity index (χ2v) is 4.89. The number of aromatic hydroxyl groups is 2. The van der Waals surface area contributed by atoms with E-state index >= 15 is 0 Å². The molecule has 0 aliphatic carbocycles. The summed E-state index contributed by atoms with van der Waals surface area (Å²) < 4.78 is 0. The highest BCUT2D eigenvalue weighted by atomic mass is 16.3. The maximum absolute atomic E-state index is 12.2. The van der Waals surface area contributed by atoms with Gasteiger partial charge in [-0.2, -0.15) is 0 Å². The number of hydrogen-bond acceptors (Lipinski definition) is 4. The average molecular weight is 286 g/mol. The van der Waals surface area contributed by atoms with E-state index in [-0.39, 0.29) is 17.4 Å². The van der Waals surface area contributed by atoms with Gasteiger partial charge in [0.1, 0.15) is 0 Å². The molecule has 0 fully saturated rings. The lowest BCUT2D eigenvalue weighted by Gasteiger charge is -2.17. The number of carbonyl (C=O) groups excluding carboxylic acids is 1. The molecule has 2 rings (SSSR count). The van der Waals surface area contributed by atoms with Crippen molar-refractivity contribution in [1.29, 1.82) is 0 Å². The van der Waals surface area contributed by atoms with Crippen molar-refractivity contribution in [2.24, 2.45) is 5.73 Å². The molecule has 0 aliphatic rings. The average Bonchev–Trinajstić information content (AvgIpc) is 2.50. The molecule has 2 aromatic carbocycles. The Morgan fingerprint density at radius 1 is 1.05 bits per heavy atom. The van der Waals surface area contributed by atoms with E-state index in [1.165, 1.54) is 18.2 Å². The van der Waals surface area contributed by atoms with Crippen LogP contribution in [0, 0.1) is 0 Å². The van der Waals surface area contributed by atoms with Crippen molar-refractivity contribution in [3.05, 3.63) is 59.2 Å². The van der Waals surface area contributed by atoms with Crippen LogP contribution in [0.25, 0.3) is 0 Å². The van der Waals surface area contributed by atoms with Gasteiger partial charge in [-0.1, -0.05) is 24.3 Å². The van der Waals surface area contributed by atoms with Crippen molar-refractivity contribution >= 4 is 5.91 Å². The van der Waals surface area contributed by atoms with Gasteiger partial charge in [0.25, 0.3) is 5.91 Å². The van der Waals surface area contributed by atoms with E-state index in [0.717, 1.165) is 11.1 Å². The molecule has 0 spiro atoms. The Kier molecular flexibility index (Phi) is 4.45. The van der Waals surface area contributed by atoms with Crippen molar-refractivity contribution in [1.82, 2.24) is 4.90 Å². The third-order valence-electron chi connectivity index (χ3n) is 3.25. The van der Waals surface area contributed by atoms with Gasteiger partial charge in [0.15, 0.2) is 11.5 Å². The Bertz CT molecular complexity index is 638. The lowest BCUT2D eigenvalue weighted by molar-refractivity contribution is 0.0784. The van der Waals surface area contributed by atoms with Gasteiger partial charge in [0.2, 0.25) is 0 Å². The van der Waals surface area contributed by atoms with E-state index in [9.17, 15) is 15.0 Å². The molecule has 21 heavy (non-hydrogen) atoms. The first kappa shape index (κ1) is 14.9. The van der Waals surface area contributed by atoms with Crippen LogP contribution in [0.3, 0.4) is 0 Å². The number of amides is 1. The van der Waals surface area contributed by atoms with E-state index in [2.05, 4.69) is 0 Å². The van der Waals surface area contributed by atoms with Gasteiger partial charge in [-0.15, -0.1) is 0 Å². The summed E-state index contributed by atoms with van der Waals surface area (Å²) in [6, 6.07) is 11.8. The molecule has 0 saturated carbocycles. The zero-order chi connectivity index (χ0) is 15.4. The number of phenolic OH excluding ortho intramolecular Hbond substituents is 2. The number of rotatable bonds is 4. The van der Waals surface area contributed by atoms with Crippen LogP contribution in [0.1, 0.15) is 21.5 Å². The monoisotopic (exact) mass is 286 g/mol. The molecule has 5 nitrogen and oxygen atoms in total. The van der Waals surface area contributed by atoms with Gasteiger partial charge in [0.05, 0.1) is 0 Å². The maximum Gasteiger partial charge on any atom is 0.254 e. The van der Waals surface area contributed by atoms with E-state index < -0.39 is 0 Å². The minimum atomic E-state index is -0.304. The van der Waals surface area contributed by atoms with Crippen molar-refractivity contribution in [2.45, 2.75) is 13.1 Å². The highest BCUT2D eigenvalue weighted by molar-refractivity contribution is 5.94. The normalized spacial score (nSPS) is 10.4. The molecular formula is C16H18N2O3. The van der Waals surface area contributed by atoms with Gasteiger partial charge >= 0.3 is 0 Å². The molecule has 2 aromatic rings. The smallest absolute Gasteiger partial charge is 0.254 e. The maximum atomic E-state index is 12.2. The third kappa shape index (κ3) is 3.52. The van der Waals surface area contributed by atoms with E-state index in [4.69, 9.17) is 5.73 Å². The molecule has 110 valence electrons. The van der Waals surface area contributed by atoms with Crippen LogP contribution in [0.5, 0.6) is 11.5 Å². The fraction of sp³-hybridized carbons (Fsp3) is 0.188. The Morgan fingerprint density at radius 2 is 1.67 bits per heavy atom. The van der Waals surface area contributed by atoms with Crippen molar-refractivity contribution < 1.29 is 15.0 Å². The van der Waals surface area contributed by atoms with Crippen molar-refractivity contribution in [3.8, 4) is 11.5 Å². The van der Waals surface area contributed by atoms with Gasteiger partial charge in [-0.25, -0.2) is 0 Å². The first-order valence-electron chi connectivity index (χ1n) is 6.56. The van der Waals surface area contributed by atoms with E-state index in [1.54, 1.807) is 11.9 Å². The molecule has 0 saturated heterocycles. The van der Waals surface area contributed by atoms with Crippen molar-refractivity contribution in [3.63, 3.8) is 0 Å². The second-order valence-electron chi connectivity index (χ2n) is 4.89. The van der Waals surface area contributed by atoms with Crippen LogP contribution in [0.4, 0.5) is 0 Å². The van der Waals surface area contributed by atoms with Crippen LogP contribution in [-0.4, -0.2) is 28.1 Å². The Balaban J connectivity index is 2.09. The summed E-state index contributed by atoms with van der Waals surface area (Å²) in [4.78, 5) is 13.8. The summed E-state index contributed by atoms with van der Waals surface area (Å²) in [5.41, 5.74) is 7.90. The molecule has 0 bridgehead atoms. The predicted molar refractivity (Wildman–Crippen MR) is 79.9 cm³/mol. The fourth-order valence-corrected chi connectivity index (χ4v) is 2.00. The topological polar surface area (TPSA) is 86.8 Å². The Hall–Kier alpha value is -2.53. The summed E-state index contributed by atoms with van der Waals surface area (Å²) in [5.74, 6) is -0.777. The summed E-state index contributed by atoms with van der Waals surface area (Å²) in [6.45, 7) is 0.938. The summed E-state index contributed by atoms with van der Waals surface area (Å²) in [7, 11) is 1.68. The Morgan fingerprint density at radius 3 is 2.24 bits per heavy atom. The molecule has 4 N–H and O–H groups in total. The second kappa shape index (κ2) is 6.28. The predicted octanol–water partition coefficient (Wildman–Crippen LogP) is 1.83. The highest BCUT2D eigenvalue weighted by Gasteiger charge is 2.13. The third-order valence-corrected chi connectivity index (χ3v) is 3.25. The summed E-state index contributed by atoms with van der Waals surface area (Å²) >= 11 is 0. The van der Waals surface area contributed by atoms with Gasteiger partial charge < -0.3 is 20.8 Å². The van der Waals surface area contributed by atoms with Crippen LogP contribution in [-0.2, 0) is 13.1 Å². The SMILES string of the molecule is CN(Cc1ccc(CN)cc1)C(=O)c1ccc(O)c(O)c1. The minimum Gasteiger partial charge on any atom is -0.504 e. The first-order chi connectivity index (χ1) is 10.0. The van der Waals surface area contributed by atoms with Crippen LogP contribution in [0.2, 0.25) is 0 Å². The van der Waals surface area contributed by atoms with Gasteiger partial charge in [0, 0.05) is 25.7 Å². The minimum absolute atomic E-state index is 0.229. The number of benzene rings is 2. The molecule has 1 amide bonds. The van der Waals surface area contributed by atoms with Crippen LogP contribution < -0.4 is 5.73 Å². The first-order valence-corrected chi connectivity index (χ1v) is 6.56. The molecule has 0 heterocycles. The van der Waals surface area contributed by atoms with E-state index in [1.807, 2.05) is 24.3 Å². The molecule has 0 aliphatic heterocycles. The lowest BCUT2D eigenvalue weighted by atomic mass is 10.1. The lowest BCUT2D eigenvalue weighted by Crippen LogP contribution is -2.26. The molecule has 5 heteroatoms. The van der Waals surface area contributed by atoms with Gasteiger partial charge in [-0.3, -0.25) is 4.79 Å². The van der Waals surface area contributed by atoms with E-state index in [0.29, 0.717) is 18.7 Å². The van der Waals surface area contributed by atoms with Crippen LogP contribution >= 0.6 is 0 Å². The molecule has 0 radical (unpaired) electrons. The highest BCUT2D eigenvalue weighted by Crippen LogP contribution is 2.25. The van der Waals surface area contributed by atoms with Crippen molar-refractivity contribution in [2.75, 3.05) is 7.05 Å².